The van der Waals surface area contributed by atoms with Crippen molar-refractivity contribution in [3.8, 4) is 34.4 Å². The summed E-state index contributed by atoms with van der Waals surface area (Å²) in [5, 5.41) is 11.7. The molecular formula is C38H48F2N4O4SSi. The summed E-state index contributed by atoms with van der Waals surface area (Å²) in [5.74, 6) is 3.22. The summed E-state index contributed by atoms with van der Waals surface area (Å²) in [6.45, 7) is 14.5. The Morgan fingerprint density at radius 2 is 1.74 bits per heavy atom. The third-order valence-corrected chi connectivity index (χ3v) is 16.9. The first kappa shape index (κ1) is 37.7. The average Bonchev–Trinajstić information content (AvgIpc) is 3.10. The van der Waals surface area contributed by atoms with Gasteiger partial charge in [-0.1, -0.05) is 65.3 Å². The smallest absolute Gasteiger partial charge is 0.227 e. The molecule has 8 nitrogen and oxygen atoms in total. The number of anilines is 1. The number of ether oxygens (including phenoxy) is 3. The Kier molecular flexibility index (Phi) is 11.9. The molecule has 3 heterocycles. The molecule has 0 aliphatic carbocycles. The summed E-state index contributed by atoms with van der Waals surface area (Å²) in [4.78, 5) is 16.2. The van der Waals surface area contributed by atoms with Gasteiger partial charge in [-0.05, 0) is 65.2 Å². The molecule has 0 amide bonds. The van der Waals surface area contributed by atoms with Crippen LogP contribution in [0.3, 0.4) is 0 Å². The summed E-state index contributed by atoms with van der Waals surface area (Å²) in [5.41, 5.74) is 5.10. The topological polar surface area (TPSA) is 89.8 Å². The molecule has 1 aliphatic rings. The van der Waals surface area contributed by atoms with E-state index in [0.717, 1.165) is 12.8 Å². The van der Waals surface area contributed by atoms with Gasteiger partial charge in [0.2, 0.25) is 5.88 Å². The lowest BCUT2D eigenvalue weighted by Gasteiger charge is -2.38. The number of aliphatic hydroxyl groups excluding tert-OH is 1. The minimum absolute atomic E-state index is 0.0403. The lowest BCUT2D eigenvalue weighted by Crippen LogP contribution is -2.43. The monoisotopic (exact) mass is 722 g/mol. The van der Waals surface area contributed by atoms with Crippen LogP contribution < -0.4 is 14.4 Å². The molecule has 0 bridgehead atoms. The molecule has 1 aliphatic heterocycles. The van der Waals surface area contributed by atoms with Crippen molar-refractivity contribution in [1.82, 2.24) is 15.0 Å². The number of nitrogens with zero attached hydrogens (tertiary/aromatic N) is 4. The Labute approximate surface area is 299 Å². The molecule has 4 aromatic rings. The van der Waals surface area contributed by atoms with Gasteiger partial charge < -0.3 is 24.2 Å². The maximum atomic E-state index is 17.2. The molecule has 1 atom stereocenters. The van der Waals surface area contributed by atoms with Crippen LogP contribution in [-0.2, 0) is 4.74 Å². The number of methoxy groups -OCH3 is 2. The van der Waals surface area contributed by atoms with E-state index < -0.39 is 19.7 Å². The Morgan fingerprint density at radius 3 is 2.36 bits per heavy atom. The zero-order valence-electron chi connectivity index (χ0n) is 30.5. The van der Waals surface area contributed by atoms with Gasteiger partial charge in [-0.25, -0.2) is 23.7 Å². The number of fused-ring (bicyclic) bond motifs is 2. The van der Waals surface area contributed by atoms with E-state index in [2.05, 4.69) is 58.0 Å². The molecule has 0 spiro atoms. The zero-order chi connectivity index (χ0) is 36.3. The van der Waals surface area contributed by atoms with Crippen LogP contribution in [0.1, 0.15) is 59.9 Å². The summed E-state index contributed by atoms with van der Waals surface area (Å²) in [6, 6.07) is 6.46. The van der Waals surface area contributed by atoms with Crippen LogP contribution in [0.15, 0.2) is 29.4 Å². The third-order valence-electron chi connectivity index (χ3n) is 10.1. The Morgan fingerprint density at radius 1 is 1.02 bits per heavy atom. The molecule has 0 radical (unpaired) electrons. The lowest BCUT2D eigenvalue weighted by atomic mass is 9.95. The second kappa shape index (κ2) is 15.8. The molecule has 1 N–H and O–H groups in total. The van der Waals surface area contributed by atoms with Crippen LogP contribution in [0.2, 0.25) is 16.6 Å². The van der Waals surface area contributed by atoms with Crippen LogP contribution in [0.4, 0.5) is 14.6 Å². The van der Waals surface area contributed by atoms with E-state index in [4.69, 9.17) is 24.2 Å². The van der Waals surface area contributed by atoms with Gasteiger partial charge >= 0.3 is 0 Å². The molecule has 1 saturated heterocycles. The fourth-order valence-corrected chi connectivity index (χ4v) is 13.3. The SMILES string of the molecule is COCOc1cc(-c2nc(OC)c3c(N4CCCC(CO)C4)nc(SC)nc3c2F)c2c(C#C[Si](C(C)C)(C(C)C)C(C)C)c(F)ccc2c1. The maximum absolute atomic E-state index is 17.2. The largest absolute Gasteiger partial charge is 0.480 e. The van der Waals surface area contributed by atoms with Gasteiger partial charge in [0.25, 0.3) is 0 Å². The second-order valence-corrected chi connectivity index (χ2v) is 20.2. The van der Waals surface area contributed by atoms with Crippen LogP contribution in [-0.4, -0.2) is 75.1 Å². The van der Waals surface area contributed by atoms with Crippen molar-refractivity contribution in [2.24, 2.45) is 5.92 Å². The number of thioether (sulfide) groups is 1. The van der Waals surface area contributed by atoms with Gasteiger partial charge in [0.15, 0.2) is 17.8 Å². The fourth-order valence-electron chi connectivity index (χ4n) is 7.69. The number of hydrogen-bond donors (Lipinski definition) is 1. The van der Waals surface area contributed by atoms with Crippen LogP contribution in [0, 0.1) is 29.0 Å². The molecule has 5 rings (SSSR count). The van der Waals surface area contributed by atoms with Crippen LogP contribution in [0.25, 0.3) is 32.9 Å². The fraction of sp³-hybridized carbons (Fsp3) is 0.500. The zero-order valence-corrected chi connectivity index (χ0v) is 32.3. The first-order valence-corrected chi connectivity index (χ1v) is 20.6. The van der Waals surface area contributed by atoms with E-state index in [1.54, 1.807) is 18.2 Å². The Balaban J connectivity index is 1.87. The quantitative estimate of drug-likeness (QED) is 0.0538. The molecular weight excluding hydrogens is 675 g/mol. The Hall–Kier alpha value is -3.50. The van der Waals surface area contributed by atoms with Crippen molar-refractivity contribution in [3.63, 3.8) is 0 Å². The summed E-state index contributed by atoms with van der Waals surface area (Å²) in [6.07, 6.45) is 3.58. The maximum Gasteiger partial charge on any atom is 0.227 e. The molecule has 12 heteroatoms. The van der Waals surface area contributed by atoms with E-state index in [1.807, 2.05) is 11.2 Å². The highest BCUT2D eigenvalue weighted by Crippen LogP contribution is 2.44. The van der Waals surface area contributed by atoms with Gasteiger partial charge in [0.1, 0.15) is 42.1 Å². The molecule has 1 unspecified atom stereocenters. The number of hydrogen-bond acceptors (Lipinski definition) is 9. The number of rotatable bonds is 11. The van der Waals surface area contributed by atoms with Crippen molar-refractivity contribution in [2.45, 2.75) is 76.2 Å². The van der Waals surface area contributed by atoms with Gasteiger partial charge in [-0.3, -0.25) is 0 Å². The average molecular weight is 723 g/mol. The van der Waals surface area contributed by atoms with Gasteiger partial charge in [0.05, 0.1) is 12.7 Å². The first-order valence-electron chi connectivity index (χ1n) is 17.2. The van der Waals surface area contributed by atoms with Crippen molar-refractivity contribution >= 4 is 47.3 Å². The molecule has 2 aromatic heterocycles. The third kappa shape index (κ3) is 7.02. The number of pyridine rings is 1. The number of halogens is 2. The molecule has 2 aromatic carbocycles. The second-order valence-electron chi connectivity index (χ2n) is 13.9. The summed E-state index contributed by atoms with van der Waals surface area (Å²) < 4.78 is 50.2. The minimum Gasteiger partial charge on any atom is -0.480 e. The highest BCUT2D eigenvalue weighted by molar-refractivity contribution is 7.98. The van der Waals surface area contributed by atoms with E-state index in [-0.39, 0.29) is 42.0 Å². The first-order chi connectivity index (χ1) is 23.9. The summed E-state index contributed by atoms with van der Waals surface area (Å²) in [7, 11) is 0.722. The van der Waals surface area contributed by atoms with Crippen LogP contribution in [0.5, 0.6) is 11.6 Å². The van der Waals surface area contributed by atoms with Gasteiger partial charge in [-0.15, -0.1) is 5.54 Å². The van der Waals surface area contributed by atoms with E-state index in [0.29, 0.717) is 68.2 Å². The van der Waals surface area contributed by atoms with Crippen molar-refractivity contribution in [3.05, 3.63) is 41.5 Å². The number of piperidine rings is 1. The summed E-state index contributed by atoms with van der Waals surface area (Å²) >= 11 is 1.30. The highest BCUT2D eigenvalue weighted by Gasteiger charge is 2.42. The molecule has 0 saturated carbocycles. The highest BCUT2D eigenvalue weighted by atomic mass is 32.2. The van der Waals surface area contributed by atoms with E-state index in [1.165, 1.54) is 32.0 Å². The predicted molar refractivity (Wildman–Crippen MR) is 201 cm³/mol. The van der Waals surface area contributed by atoms with Gasteiger partial charge in [0, 0.05) is 37.8 Å². The molecule has 50 heavy (non-hydrogen) atoms. The lowest BCUT2D eigenvalue weighted by molar-refractivity contribution is 0.0512. The van der Waals surface area contributed by atoms with Crippen molar-refractivity contribution in [2.75, 3.05) is 51.9 Å². The number of benzene rings is 2. The number of aliphatic hydroxyl groups is 1. The van der Waals surface area contributed by atoms with Crippen molar-refractivity contribution in [1.29, 1.82) is 0 Å². The molecule has 268 valence electrons. The Bertz CT molecular complexity index is 1910. The number of aromatic nitrogens is 3. The minimum atomic E-state index is -2.27. The van der Waals surface area contributed by atoms with Gasteiger partial charge in [-0.2, -0.15) is 0 Å². The predicted octanol–water partition coefficient (Wildman–Crippen LogP) is 8.61. The van der Waals surface area contributed by atoms with E-state index >= 15 is 8.78 Å². The van der Waals surface area contributed by atoms with E-state index in [9.17, 15) is 5.11 Å². The molecule has 1 fully saturated rings. The van der Waals surface area contributed by atoms with Crippen molar-refractivity contribution < 1.29 is 28.1 Å². The van der Waals surface area contributed by atoms with Crippen LogP contribution >= 0.6 is 11.8 Å². The standard InChI is InChI=1S/C38H48F2N4O4SSi/c1-22(2)50(23(3)4,24(5)6)16-14-28-30(39)13-12-26-17-27(48-21-46-7)18-29(31(26)28)34-33(40)35-32(37(41-34)47-8)36(43-38(42-35)49-9)44-15-10-11-25(19-44)20-45/h12-13,17-18,22-25,45H,10-11,15,19-21H2,1-9H3. The normalized spacial score (nSPS) is 15.3.